The fourth-order valence-electron chi connectivity index (χ4n) is 2.39. The number of benzene rings is 1. The second kappa shape index (κ2) is 4.67. The quantitative estimate of drug-likeness (QED) is 0.819. The van der Waals surface area contributed by atoms with Gasteiger partial charge in [-0.1, -0.05) is 24.6 Å². The summed E-state index contributed by atoms with van der Waals surface area (Å²) >= 11 is 0. The van der Waals surface area contributed by atoms with Crippen LogP contribution in [-0.2, 0) is 0 Å². The van der Waals surface area contributed by atoms with Gasteiger partial charge in [0.05, 0.1) is 7.11 Å². The van der Waals surface area contributed by atoms with E-state index in [-0.39, 0.29) is 0 Å². The van der Waals surface area contributed by atoms with Crippen molar-refractivity contribution in [1.82, 2.24) is 0 Å². The molecule has 0 heterocycles. The van der Waals surface area contributed by atoms with Gasteiger partial charge in [-0.3, -0.25) is 0 Å². The molecule has 1 fully saturated rings. The molecule has 0 spiro atoms. The van der Waals surface area contributed by atoms with Crippen LogP contribution in [-0.4, -0.2) is 13.7 Å². The van der Waals surface area contributed by atoms with Gasteiger partial charge in [-0.15, -0.1) is 0 Å². The molecule has 1 saturated carbocycles. The lowest BCUT2D eigenvalue weighted by atomic mass is 9.73. The molecule has 0 bridgehead atoms. The molecule has 1 atom stereocenters. The van der Waals surface area contributed by atoms with Gasteiger partial charge in [-0.2, -0.15) is 0 Å². The summed E-state index contributed by atoms with van der Waals surface area (Å²) in [7, 11) is 1.73. The van der Waals surface area contributed by atoms with Crippen LogP contribution in [0.3, 0.4) is 0 Å². The lowest BCUT2D eigenvalue weighted by molar-refractivity contribution is 0.259. The average molecular weight is 205 g/mol. The fourth-order valence-corrected chi connectivity index (χ4v) is 2.39. The molecule has 2 rings (SSSR count). The maximum atomic E-state index is 5.88. The molecular formula is C13H19NO. The topological polar surface area (TPSA) is 35.2 Å². The van der Waals surface area contributed by atoms with Gasteiger partial charge in [0, 0.05) is 5.92 Å². The van der Waals surface area contributed by atoms with Crippen molar-refractivity contribution >= 4 is 0 Å². The van der Waals surface area contributed by atoms with Crippen molar-refractivity contribution in [1.29, 1.82) is 0 Å². The van der Waals surface area contributed by atoms with Crippen molar-refractivity contribution in [2.45, 2.75) is 25.2 Å². The number of hydrogen-bond donors (Lipinski definition) is 1. The van der Waals surface area contributed by atoms with E-state index in [2.05, 4.69) is 12.1 Å². The maximum Gasteiger partial charge on any atom is 0.122 e. The molecule has 0 aromatic heterocycles. The van der Waals surface area contributed by atoms with E-state index in [9.17, 15) is 0 Å². The smallest absolute Gasteiger partial charge is 0.122 e. The second-order valence-corrected chi connectivity index (χ2v) is 4.28. The van der Waals surface area contributed by atoms with Crippen molar-refractivity contribution in [3.8, 4) is 5.75 Å². The SMILES string of the molecule is COc1ccccc1C(CN)C1CCC1. The number of nitrogens with two attached hydrogens (primary N) is 1. The predicted molar refractivity (Wildman–Crippen MR) is 62.1 cm³/mol. The Labute approximate surface area is 91.4 Å². The molecular weight excluding hydrogens is 186 g/mol. The fraction of sp³-hybridized carbons (Fsp3) is 0.538. The number of para-hydroxylation sites is 1. The van der Waals surface area contributed by atoms with E-state index in [1.807, 2.05) is 12.1 Å². The van der Waals surface area contributed by atoms with Crippen molar-refractivity contribution in [2.24, 2.45) is 11.7 Å². The molecule has 2 N–H and O–H groups in total. The zero-order valence-corrected chi connectivity index (χ0v) is 9.28. The molecule has 0 amide bonds. The molecule has 1 unspecified atom stereocenters. The van der Waals surface area contributed by atoms with Gasteiger partial charge in [0.1, 0.15) is 5.75 Å². The molecule has 2 nitrogen and oxygen atoms in total. The second-order valence-electron chi connectivity index (χ2n) is 4.28. The molecule has 82 valence electrons. The highest BCUT2D eigenvalue weighted by Crippen LogP contribution is 2.41. The number of rotatable bonds is 4. The summed E-state index contributed by atoms with van der Waals surface area (Å²) in [6.45, 7) is 0.727. The van der Waals surface area contributed by atoms with Crippen LogP contribution < -0.4 is 10.5 Å². The molecule has 1 aliphatic rings. The summed E-state index contributed by atoms with van der Waals surface area (Å²) in [6, 6.07) is 8.25. The highest BCUT2D eigenvalue weighted by atomic mass is 16.5. The van der Waals surface area contributed by atoms with Gasteiger partial charge in [0.15, 0.2) is 0 Å². The zero-order chi connectivity index (χ0) is 10.7. The van der Waals surface area contributed by atoms with Crippen molar-refractivity contribution in [3.63, 3.8) is 0 Å². The van der Waals surface area contributed by atoms with Gasteiger partial charge < -0.3 is 10.5 Å². The number of hydrogen-bond acceptors (Lipinski definition) is 2. The first-order valence-electron chi connectivity index (χ1n) is 5.69. The van der Waals surface area contributed by atoms with Gasteiger partial charge in [0.2, 0.25) is 0 Å². The van der Waals surface area contributed by atoms with Crippen molar-refractivity contribution in [2.75, 3.05) is 13.7 Å². The normalized spacial score (nSPS) is 18.3. The molecule has 0 aliphatic heterocycles. The van der Waals surface area contributed by atoms with Crippen LogP contribution in [0, 0.1) is 5.92 Å². The number of methoxy groups -OCH3 is 1. The summed E-state index contributed by atoms with van der Waals surface area (Å²) < 4.78 is 5.39. The highest BCUT2D eigenvalue weighted by Gasteiger charge is 2.28. The summed E-state index contributed by atoms with van der Waals surface area (Å²) in [5.41, 5.74) is 7.17. The maximum absolute atomic E-state index is 5.88. The standard InChI is InChI=1S/C13H19NO/c1-15-13-8-3-2-7-11(13)12(9-14)10-5-4-6-10/h2-3,7-8,10,12H,4-6,9,14H2,1H3. The van der Waals surface area contributed by atoms with Crippen LogP contribution >= 0.6 is 0 Å². The van der Waals surface area contributed by atoms with E-state index in [0.29, 0.717) is 5.92 Å². The zero-order valence-electron chi connectivity index (χ0n) is 9.28. The summed E-state index contributed by atoms with van der Waals surface area (Å²) in [6.07, 6.45) is 4.00. The van der Waals surface area contributed by atoms with Gasteiger partial charge in [-0.05, 0) is 36.9 Å². The molecule has 1 aliphatic carbocycles. The Balaban J connectivity index is 2.24. The van der Waals surface area contributed by atoms with Crippen LogP contribution in [0.1, 0.15) is 30.7 Å². The molecule has 0 saturated heterocycles. The Hall–Kier alpha value is -1.02. The lowest BCUT2D eigenvalue weighted by Crippen LogP contribution is -2.26. The van der Waals surface area contributed by atoms with E-state index in [4.69, 9.17) is 10.5 Å². The van der Waals surface area contributed by atoms with Crippen LogP contribution in [0.25, 0.3) is 0 Å². The van der Waals surface area contributed by atoms with Crippen molar-refractivity contribution < 1.29 is 4.74 Å². The largest absolute Gasteiger partial charge is 0.496 e. The molecule has 2 heteroatoms. The van der Waals surface area contributed by atoms with Crippen molar-refractivity contribution in [3.05, 3.63) is 29.8 Å². The van der Waals surface area contributed by atoms with Gasteiger partial charge >= 0.3 is 0 Å². The van der Waals surface area contributed by atoms with E-state index >= 15 is 0 Å². The van der Waals surface area contributed by atoms with Gasteiger partial charge in [-0.25, -0.2) is 0 Å². The average Bonchev–Trinajstić information content (AvgIpc) is 2.23. The van der Waals surface area contributed by atoms with Crippen LogP contribution in [0.15, 0.2) is 24.3 Å². The predicted octanol–water partition coefficient (Wildman–Crippen LogP) is 2.54. The summed E-state index contributed by atoms with van der Waals surface area (Å²) in [5.74, 6) is 2.24. The minimum atomic E-state index is 0.481. The third kappa shape index (κ3) is 2.00. The van der Waals surface area contributed by atoms with Crippen LogP contribution in [0.4, 0.5) is 0 Å². The first-order chi connectivity index (χ1) is 7.36. The Kier molecular flexibility index (Phi) is 3.27. The third-order valence-corrected chi connectivity index (χ3v) is 3.51. The van der Waals surface area contributed by atoms with E-state index in [1.165, 1.54) is 24.8 Å². The Morgan fingerprint density at radius 3 is 2.67 bits per heavy atom. The first-order valence-corrected chi connectivity index (χ1v) is 5.69. The molecule has 0 radical (unpaired) electrons. The van der Waals surface area contributed by atoms with E-state index in [0.717, 1.165) is 18.2 Å². The molecule has 1 aromatic carbocycles. The number of ether oxygens (including phenoxy) is 1. The van der Waals surface area contributed by atoms with E-state index in [1.54, 1.807) is 7.11 Å². The van der Waals surface area contributed by atoms with Gasteiger partial charge in [0.25, 0.3) is 0 Å². The first kappa shape index (κ1) is 10.5. The molecule has 1 aromatic rings. The van der Waals surface area contributed by atoms with E-state index < -0.39 is 0 Å². The third-order valence-electron chi connectivity index (χ3n) is 3.51. The Morgan fingerprint density at radius 1 is 1.40 bits per heavy atom. The summed E-state index contributed by atoms with van der Waals surface area (Å²) in [5, 5.41) is 0. The molecule has 15 heavy (non-hydrogen) atoms. The minimum absolute atomic E-state index is 0.481. The monoisotopic (exact) mass is 205 g/mol. The summed E-state index contributed by atoms with van der Waals surface area (Å²) in [4.78, 5) is 0. The Bertz CT molecular complexity index is 320. The highest BCUT2D eigenvalue weighted by molar-refractivity contribution is 5.37. The lowest BCUT2D eigenvalue weighted by Gasteiger charge is -2.34. The van der Waals surface area contributed by atoms with Crippen LogP contribution in [0.5, 0.6) is 5.75 Å². The Morgan fingerprint density at radius 2 is 2.13 bits per heavy atom. The van der Waals surface area contributed by atoms with Crippen LogP contribution in [0.2, 0.25) is 0 Å². The minimum Gasteiger partial charge on any atom is -0.496 e.